The molecule has 142 valence electrons. The summed E-state index contributed by atoms with van der Waals surface area (Å²) in [5.41, 5.74) is 1.86. The second-order valence-electron chi connectivity index (χ2n) is 6.52. The van der Waals surface area contributed by atoms with E-state index in [2.05, 4.69) is 5.32 Å². The summed E-state index contributed by atoms with van der Waals surface area (Å²) in [6.45, 7) is 4.21. The second kappa shape index (κ2) is 8.53. The number of ether oxygens (including phenoxy) is 1. The van der Waals surface area contributed by atoms with Crippen molar-refractivity contribution >= 4 is 17.3 Å². The second-order valence-corrected chi connectivity index (χ2v) is 6.52. The first kappa shape index (κ1) is 18.7. The van der Waals surface area contributed by atoms with Gasteiger partial charge in [0.25, 0.3) is 11.6 Å². The molecule has 7 nitrogen and oxygen atoms in total. The van der Waals surface area contributed by atoms with Gasteiger partial charge in [0, 0.05) is 24.7 Å². The molecule has 3 rings (SSSR count). The molecule has 2 aromatic carbocycles. The highest BCUT2D eigenvalue weighted by atomic mass is 16.6. The van der Waals surface area contributed by atoms with E-state index < -0.39 is 4.92 Å². The third-order valence-corrected chi connectivity index (χ3v) is 4.62. The Kier molecular flexibility index (Phi) is 5.90. The highest BCUT2D eigenvalue weighted by molar-refractivity contribution is 5.95. The van der Waals surface area contributed by atoms with Gasteiger partial charge in [0.15, 0.2) is 0 Å². The van der Waals surface area contributed by atoms with Gasteiger partial charge >= 0.3 is 0 Å². The van der Waals surface area contributed by atoms with E-state index in [1.807, 2.05) is 36.1 Å². The van der Waals surface area contributed by atoms with Crippen LogP contribution in [0.15, 0.2) is 42.5 Å². The van der Waals surface area contributed by atoms with Crippen molar-refractivity contribution < 1.29 is 14.5 Å². The van der Waals surface area contributed by atoms with Crippen LogP contribution in [0.1, 0.15) is 28.8 Å². The van der Waals surface area contributed by atoms with Gasteiger partial charge in [0.05, 0.1) is 11.5 Å². The maximum Gasteiger partial charge on any atom is 0.293 e. The molecule has 1 fully saturated rings. The number of anilines is 1. The maximum atomic E-state index is 12.3. The lowest BCUT2D eigenvalue weighted by atomic mass is 10.1. The van der Waals surface area contributed by atoms with Crippen LogP contribution in [0.4, 0.5) is 11.4 Å². The molecule has 0 spiro atoms. The minimum absolute atomic E-state index is 0.0271. The lowest BCUT2D eigenvalue weighted by Crippen LogP contribution is -2.28. The number of nitro benzene ring substituents is 1. The predicted molar refractivity (Wildman–Crippen MR) is 104 cm³/mol. The van der Waals surface area contributed by atoms with Crippen LogP contribution in [0, 0.1) is 17.0 Å². The van der Waals surface area contributed by atoms with Crippen LogP contribution < -0.4 is 15.0 Å². The number of hydrogen-bond acceptors (Lipinski definition) is 5. The molecule has 0 unspecified atom stereocenters. The van der Waals surface area contributed by atoms with Gasteiger partial charge < -0.3 is 15.0 Å². The van der Waals surface area contributed by atoms with E-state index >= 15 is 0 Å². The first-order valence-electron chi connectivity index (χ1n) is 9.06. The summed E-state index contributed by atoms with van der Waals surface area (Å²) >= 11 is 0. The van der Waals surface area contributed by atoms with Crippen LogP contribution >= 0.6 is 0 Å². The molecule has 1 saturated heterocycles. The van der Waals surface area contributed by atoms with Gasteiger partial charge in [0.2, 0.25) is 0 Å². The first-order chi connectivity index (χ1) is 13.1. The van der Waals surface area contributed by atoms with Crippen molar-refractivity contribution in [1.29, 1.82) is 0 Å². The Morgan fingerprint density at radius 2 is 1.96 bits per heavy atom. The number of amides is 1. The molecule has 1 N–H and O–H groups in total. The fourth-order valence-corrected chi connectivity index (χ4v) is 3.18. The van der Waals surface area contributed by atoms with Crippen molar-refractivity contribution in [2.45, 2.75) is 19.8 Å². The van der Waals surface area contributed by atoms with Crippen molar-refractivity contribution in [2.24, 2.45) is 0 Å². The number of benzene rings is 2. The molecule has 2 aromatic rings. The van der Waals surface area contributed by atoms with Gasteiger partial charge in [-0.1, -0.05) is 18.2 Å². The van der Waals surface area contributed by atoms with Crippen LogP contribution in [-0.4, -0.2) is 37.1 Å². The summed E-state index contributed by atoms with van der Waals surface area (Å²) in [7, 11) is 0. The monoisotopic (exact) mass is 369 g/mol. The molecule has 1 amide bonds. The highest BCUT2D eigenvalue weighted by Gasteiger charge is 2.23. The number of aryl methyl sites for hydroxylation is 1. The molecule has 1 aliphatic rings. The summed E-state index contributed by atoms with van der Waals surface area (Å²) < 4.78 is 5.64. The Morgan fingerprint density at radius 3 is 2.67 bits per heavy atom. The Labute approximate surface area is 158 Å². The number of nitro groups is 1. The summed E-state index contributed by atoms with van der Waals surface area (Å²) in [4.78, 5) is 25.3. The van der Waals surface area contributed by atoms with Gasteiger partial charge in [-0.15, -0.1) is 0 Å². The summed E-state index contributed by atoms with van der Waals surface area (Å²) in [6, 6.07) is 12.3. The van der Waals surface area contributed by atoms with Crippen molar-refractivity contribution in [1.82, 2.24) is 5.32 Å². The Hall–Kier alpha value is -3.09. The third kappa shape index (κ3) is 4.55. The van der Waals surface area contributed by atoms with Gasteiger partial charge in [0.1, 0.15) is 18.0 Å². The van der Waals surface area contributed by atoms with Crippen molar-refractivity contribution in [3.05, 3.63) is 63.7 Å². The molecular formula is C20H23N3O4. The predicted octanol–water partition coefficient (Wildman–Crippen LogP) is 3.31. The zero-order valence-corrected chi connectivity index (χ0v) is 15.3. The molecule has 1 aliphatic heterocycles. The topological polar surface area (TPSA) is 84.7 Å². The maximum absolute atomic E-state index is 12.3. The first-order valence-corrected chi connectivity index (χ1v) is 9.06. The summed E-state index contributed by atoms with van der Waals surface area (Å²) in [5, 5.41) is 14.2. The zero-order chi connectivity index (χ0) is 19.2. The lowest BCUT2D eigenvalue weighted by Gasteiger charge is -2.17. The van der Waals surface area contributed by atoms with E-state index in [4.69, 9.17) is 4.74 Å². The number of carbonyl (C=O) groups is 1. The summed E-state index contributed by atoms with van der Waals surface area (Å²) in [5.74, 6) is 0.428. The normalized spacial score (nSPS) is 13.4. The van der Waals surface area contributed by atoms with Gasteiger partial charge in [-0.2, -0.15) is 0 Å². The average Bonchev–Trinajstić information content (AvgIpc) is 3.20. The van der Waals surface area contributed by atoms with Gasteiger partial charge in [-0.3, -0.25) is 14.9 Å². The highest BCUT2D eigenvalue weighted by Crippen LogP contribution is 2.31. The van der Waals surface area contributed by atoms with E-state index in [-0.39, 0.29) is 17.2 Å². The van der Waals surface area contributed by atoms with Crippen LogP contribution in [0.25, 0.3) is 0 Å². The molecule has 0 aliphatic carbocycles. The molecule has 27 heavy (non-hydrogen) atoms. The largest absolute Gasteiger partial charge is 0.491 e. The van der Waals surface area contributed by atoms with E-state index in [1.165, 1.54) is 6.07 Å². The Balaban J connectivity index is 1.60. The fraction of sp³-hybridized carbons (Fsp3) is 0.350. The summed E-state index contributed by atoms with van der Waals surface area (Å²) in [6.07, 6.45) is 2.06. The number of rotatable bonds is 7. The van der Waals surface area contributed by atoms with E-state index in [1.54, 1.807) is 12.1 Å². The average molecular weight is 369 g/mol. The molecule has 0 atom stereocenters. The zero-order valence-electron chi connectivity index (χ0n) is 15.3. The van der Waals surface area contributed by atoms with Crippen LogP contribution in [-0.2, 0) is 0 Å². The van der Waals surface area contributed by atoms with E-state index in [0.717, 1.165) is 37.2 Å². The Bertz CT molecular complexity index is 832. The number of nitrogens with zero attached hydrogens (tertiary/aromatic N) is 2. The lowest BCUT2D eigenvalue weighted by molar-refractivity contribution is -0.384. The van der Waals surface area contributed by atoms with Crippen molar-refractivity contribution in [3.63, 3.8) is 0 Å². The van der Waals surface area contributed by atoms with Gasteiger partial charge in [-0.25, -0.2) is 0 Å². The Morgan fingerprint density at radius 1 is 1.22 bits per heavy atom. The SMILES string of the molecule is Cc1ccccc1OCCNC(=O)c1ccc(N2CCCC2)c([N+](=O)[O-])c1. The molecular weight excluding hydrogens is 346 g/mol. The number of nitrogens with one attached hydrogen (secondary N) is 1. The smallest absolute Gasteiger partial charge is 0.293 e. The van der Waals surface area contributed by atoms with Gasteiger partial charge in [-0.05, 0) is 43.5 Å². The van der Waals surface area contributed by atoms with Crippen LogP contribution in [0.5, 0.6) is 5.75 Å². The van der Waals surface area contributed by atoms with E-state index in [9.17, 15) is 14.9 Å². The molecule has 0 radical (unpaired) electrons. The quantitative estimate of drug-likeness (QED) is 0.460. The molecule has 0 saturated carbocycles. The molecule has 0 aromatic heterocycles. The fourth-order valence-electron chi connectivity index (χ4n) is 3.18. The number of hydrogen-bond donors (Lipinski definition) is 1. The standard InChI is InChI=1S/C20H23N3O4/c1-15-6-2-3-7-19(15)27-13-10-21-20(24)16-8-9-17(18(14-16)23(25)26)22-11-4-5-12-22/h2-3,6-9,14H,4-5,10-13H2,1H3,(H,21,24). The molecule has 0 bridgehead atoms. The third-order valence-electron chi connectivity index (χ3n) is 4.62. The number of carbonyl (C=O) groups excluding carboxylic acids is 1. The van der Waals surface area contributed by atoms with Crippen molar-refractivity contribution in [3.8, 4) is 5.75 Å². The van der Waals surface area contributed by atoms with Crippen LogP contribution in [0.2, 0.25) is 0 Å². The minimum Gasteiger partial charge on any atom is -0.491 e. The number of para-hydroxylation sites is 1. The minimum atomic E-state index is -0.425. The van der Waals surface area contributed by atoms with Crippen LogP contribution in [0.3, 0.4) is 0 Å². The van der Waals surface area contributed by atoms with E-state index in [0.29, 0.717) is 18.8 Å². The van der Waals surface area contributed by atoms with Crippen molar-refractivity contribution in [2.75, 3.05) is 31.1 Å². The molecule has 1 heterocycles. The molecule has 7 heteroatoms.